The van der Waals surface area contributed by atoms with Crippen LogP contribution in [0, 0.1) is 11.8 Å². The van der Waals surface area contributed by atoms with Gasteiger partial charge in [-0.3, -0.25) is 0 Å². The minimum absolute atomic E-state index is 0.850. The first-order chi connectivity index (χ1) is 5.41. The van der Waals surface area contributed by atoms with E-state index in [-0.39, 0.29) is 0 Å². The van der Waals surface area contributed by atoms with Crippen molar-refractivity contribution < 1.29 is 0 Å². The minimum atomic E-state index is 0.850. The summed E-state index contributed by atoms with van der Waals surface area (Å²) in [5, 5.41) is 3.27. The second-order valence-electron chi connectivity index (χ2n) is 2.66. The van der Waals surface area contributed by atoms with Gasteiger partial charge < -0.3 is 5.32 Å². The van der Waals surface area contributed by atoms with Crippen molar-refractivity contribution in [2.45, 2.75) is 39.5 Å². The van der Waals surface area contributed by atoms with Gasteiger partial charge in [-0.2, -0.15) is 0 Å². The molecule has 0 aliphatic rings. The molecule has 0 saturated carbocycles. The number of hydrogen-bond acceptors (Lipinski definition) is 1. The molecule has 1 heteroatoms. The van der Waals surface area contributed by atoms with E-state index in [4.69, 9.17) is 0 Å². The van der Waals surface area contributed by atoms with Crippen molar-refractivity contribution in [3.05, 3.63) is 0 Å². The first-order valence-electron chi connectivity index (χ1n) is 4.52. The van der Waals surface area contributed by atoms with E-state index in [1.54, 1.807) is 0 Å². The van der Waals surface area contributed by atoms with Crippen LogP contribution in [0.1, 0.15) is 39.5 Å². The summed E-state index contributed by atoms with van der Waals surface area (Å²) < 4.78 is 0. The number of rotatable bonds is 6. The molecule has 1 nitrogen and oxygen atoms in total. The SMILES string of the molecule is CC#CCNCCCCCC. The summed E-state index contributed by atoms with van der Waals surface area (Å²) in [6.45, 7) is 6.08. The summed E-state index contributed by atoms with van der Waals surface area (Å²) in [6, 6.07) is 0. The molecule has 0 bridgehead atoms. The maximum atomic E-state index is 3.27. The molecule has 0 aliphatic carbocycles. The highest BCUT2D eigenvalue weighted by Crippen LogP contribution is 1.96. The molecule has 11 heavy (non-hydrogen) atoms. The van der Waals surface area contributed by atoms with Crippen molar-refractivity contribution in [3.63, 3.8) is 0 Å². The van der Waals surface area contributed by atoms with Crippen LogP contribution in [0.25, 0.3) is 0 Å². The van der Waals surface area contributed by atoms with Crippen LogP contribution < -0.4 is 5.32 Å². The molecule has 0 heterocycles. The van der Waals surface area contributed by atoms with Gasteiger partial charge in [0.25, 0.3) is 0 Å². The Morgan fingerprint density at radius 3 is 2.64 bits per heavy atom. The number of unbranched alkanes of at least 4 members (excludes halogenated alkanes) is 3. The summed E-state index contributed by atoms with van der Waals surface area (Å²) in [6.07, 6.45) is 5.32. The van der Waals surface area contributed by atoms with Crippen LogP contribution in [-0.4, -0.2) is 13.1 Å². The Morgan fingerprint density at radius 1 is 1.18 bits per heavy atom. The molecule has 0 saturated heterocycles. The third-order valence-corrected chi connectivity index (χ3v) is 1.60. The largest absolute Gasteiger partial charge is 0.306 e. The summed E-state index contributed by atoms with van der Waals surface area (Å²) in [4.78, 5) is 0. The molecule has 0 amide bonds. The Labute approximate surface area is 70.6 Å². The fourth-order valence-corrected chi connectivity index (χ4v) is 0.916. The molecule has 0 spiro atoms. The van der Waals surface area contributed by atoms with E-state index in [2.05, 4.69) is 24.1 Å². The lowest BCUT2D eigenvalue weighted by atomic mass is 10.2. The summed E-state index contributed by atoms with van der Waals surface area (Å²) in [7, 11) is 0. The zero-order chi connectivity index (χ0) is 8.36. The lowest BCUT2D eigenvalue weighted by Crippen LogP contribution is -2.15. The van der Waals surface area contributed by atoms with E-state index < -0.39 is 0 Å². The van der Waals surface area contributed by atoms with Crippen LogP contribution in [-0.2, 0) is 0 Å². The fourth-order valence-electron chi connectivity index (χ4n) is 0.916. The van der Waals surface area contributed by atoms with Gasteiger partial charge in [0.15, 0.2) is 0 Å². The van der Waals surface area contributed by atoms with Gasteiger partial charge in [-0.15, -0.1) is 5.92 Å². The fraction of sp³-hybridized carbons (Fsp3) is 0.800. The Hall–Kier alpha value is -0.480. The Morgan fingerprint density at radius 2 is 2.00 bits per heavy atom. The topological polar surface area (TPSA) is 12.0 Å². The van der Waals surface area contributed by atoms with Crippen molar-refractivity contribution in [1.29, 1.82) is 0 Å². The van der Waals surface area contributed by atoms with Crippen molar-refractivity contribution in [1.82, 2.24) is 5.32 Å². The van der Waals surface area contributed by atoms with Crippen LogP contribution >= 0.6 is 0 Å². The van der Waals surface area contributed by atoms with E-state index in [1.807, 2.05) is 6.92 Å². The zero-order valence-electron chi connectivity index (χ0n) is 7.74. The van der Waals surface area contributed by atoms with Crippen molar-refractivity contribution in [3.8, 4) is 11.8 Å². The molecule has 0 rings (SSSR count). The van der Waals surface area contributed by atoms with Crippen LogP contribution in [0.4, 0.5) is 0 Å². The number of nitrogens with one attached hydrogen (secondary N) is 1. The monoisotopic (exact) mass is 153 g/mol. The van der Waals surface area contributed by atoms with Crippen molar-refractivity contribution >= 4 is 0 Å². The summed E-state index contributed by atoms with van der Waals surface area (Å²) >= 11 is 0. The zero-order valence-corrected chi connectivity index (χ0v) is 7.74. The number of hydrogen-bond donors (Lipinski definition) is 1. The third kappa shape index (κ3) is 9.52. The lowest BCUT2D eigenvalue weighted by molar-refractivity contribution is 0.623. The quantitative estimate of drug-likeness (QED) is 0.455. The molecule has 0 radical (unpaired) electrons. The summed E-state index contributed by atoms with van der Waals surface area (Å²) in [5.74, 6) is 5.84. The Balaban J connectivity index is 2.83. The second kappa shape index (κ2) is 9.52. The van der Waals surface area contributed by atoms with Gasteiger partial charge in [0.05, 0.1) is 6.54 Å². The molecule has 0 fully saturated rings. The first-order valence-corrected chi connectivity index (χ1v) is 4.52. The molecule has 64 valence electrons. The smallest absolute Gasteiger partial charge is 0.0576 e. The van der Waals surface area contributed by atoms with Crippen molar-refractivity contribution in [2.75, 3.05) is 13.1 Å². The molecule has 0 aromatic carbocycles. The van der Waals surface area contributed by atoms with Crippen LogP contribution in [0.5, 0.6) is 0 Å². The highest BCUT2D eigenvalue weighted by Gasteiger charge is 1.85. The minimum Gasteiger partial charge on any atom is -0.306 e. The maximum absolute atomic E-state index is 3.27. The maximum Gasteiger partial charge on any atom is 0.0576 e. The van der Waals surface area contributed by atoms with Gasteiger partial charge >= 0.3 is 0 Å². The molecule has 0 aromatic rings. The average Bonchev–Trinajstić information content (AvgIpc) is 2.03. The van der Waals surface area contributed by atoms with E-state index in [1.165, 1.54) is 25.7 Å². The predicted molar refractivity (Wildman–Crippen MR) is 50.5 cm³/mol. The first kappa shape index (κ1) is 10.5. The highest BCUT2D eigenvalue weighted by molar-refractivity contribution is 4.96. The molecule has 0 aromatic heterocycles. The van der Waals surface area contributed by atoms with Gasteiger partial charge in [-0.25, -0.2) is 0 Å². The standard InChI is InChI=1S/C10H19N/c1-3-5-7-8-10-11-9-6-4-2/h11H,3,5,7-10H2,1-2H3. The van der Waals surface area contributed by atoms with Gasteiger partial charge in [0.2, 0.25) is 0 Å². The average molecular weight is 153 g/mol. The van der Waals surface area contributed by atoms with E-state index in [0.29, 0.717) is 0 Å². The Kier molecular flexibility index (Phi) is 9.10. The van der Waals surface area contributed by atoms with Crippen LogP contribution in [0.15, 0.2) is 0 Å². The van der Waals surface area contributed by atoms with Gasteiger partial charge in [0.1, 0.15) is 0 Å². The highest BCUT2D eigenvalue weighted by atomic mass is 14.8. The van der Waals surface area contributed by atoms with Gasteiger partial charge in [-0.05, 0) is 19.9 Å². The molecule has 0 atom stereocenters. The second-order valence-corrected chi connectivity index (χ2v) is 2.66. The van der Waals surface area contributed by atoms with Gasteiger partial charge in [-0.1, -0.05) is 32.1 Å². The van der Waals surface area contributed by atoms with E-state index >= 15 is 0 Å². The molecular weight excluding hydrogens is 134 g/mol. The van der Waals surface area contributed by atoms with E-state index in [9.17, 15) is 0 Å². The van der Waals surface area contributed by atoms with Gasteiger partial charge in [0, 0.05) is 0 Å². The van der Waals surface area contributed by atoms with Crippen LogP contribution in [0.3, 0.4) is 0 Å². The Bertz CT molecular complexity index is 119. The molecule has 0 unspecified atom stereocenters. The van der Waals surface area contributed by atoms with Crippen LogP contribution in [0.2, 0.25) is 0 Å². The predicted octanol–water partition coefficient (Wildman–Crippen LogP) is 2.18. The third-order valence-electron chi connectivity index (χ3n) is 1.60. The lowest BCUT2D eigenvalue weighted by Gasteiger charge is -1.98. The molecule has 1 N–H and O–H groups in total. The van der Waals surface area contributed by atoms with Crippen molar-refractivity contribution in [2.24, 2.45) is 0 Å². The van der Waals surface area contributed by atoms with E-state index in [0.717, 1.165) is 13.1 Å². The summed E-state index contributed by atoms with van der Waals surface area (Å²) in [5.41, 5.74) is 0. The molecule has 0 aliphatic heterocycles. The molecular formula is C10H19N. The normalized spacial score (nSPS) is 8.91.